The van der Waals surface area contributed by atoms with Gasteiger partial charge in [-0.05, 0) is 29.8 Å². The zero-order chi connectivity index (χ0) is 18.5. The summed E-state index contributed by atoms with van der Waals surface area (Å²) in [5.74, 6) is 0.332. The van der Waals surface area contributed by atoms with Crippen molar-refractivity contribution in [3.05, 3.63) is 76.5 Å². The molecule has 2 aromatic carbocycles. The van der Waals surface area contributed by atoms with E-state index in [0.29, 0.717) is 17.1 Å². The molecule has 0 aromatic heterocycles. The molecule has 1 aliphatic rings. The van der Waals surface area contributed by atoms with E-state index >= 15 is 0 Å². The smallest absolute Gasteiger partial charge is 0.344 e. The second-order valence-electron chi connectivity index (χ2n) is 5.38. The van der Waals surface area contributed by atoms with E-state index in [1.54, 1.807) is 24.3 Å². The molecule has 0 spiro atoms. The number of allylic oxidation sites excluding steroid dienone is 1. The fourth-order valence-corrected chi connectivity index (χ4v) is 2.73. The number of carbonyl (C=O) groups excluding carboxylic acids is 2. The molecule has 0 aliphatic carbocycles. The zero-order valence-corrected chi connectivity index (χ0v) is 15.3. The highest BCUT2D eigenvalue weighted by atomic mass is 79.9. The Labute approximate surface area is 159 Å². The molecular formula is C20H15BrO5. The Balaban J connectivity index is 1.73. The van der Waals surface area contributed by atoms with E-state index in [2.05, 4.69) is 22.5 Å². The maximum absolute atomic E-state index is 12.5. The van der Waals surface area contributed by atoms with Crippen molar-refractivity contribution in [2.75, 3.05) is 13.2 Å². The second kappa shape index (κ2) is 8.01. The number of hydrogen-bond donors (Lipinski definition) is 0. The summed E-state index contributed by atoms with van der Waals surface area (Å²) in [4.78, 5) is 23.9. The molecule has 6 heteroatoms. The van der Waals surface area contributed by atoms with E-state index in [1.807, 2.05) is 24.3 Å². The van der Waals surface area contributed by atoms with Crippen LogP contribution in [0.15, 0.2) is 65.4 Å². The number of ketones is 1. The molecule has 0 saturated heterocycles. The van der Waals surface area contributed by atoms with Gasteiger partial charge >= 0.3 is 5.97 Å². The summed E-state index contributed by atoms with van der Waals surface area (Å²) in [7, 11) is 0. The number of benzene rings is 2. The number of hydrogen-bond acceptors (Lipinski definition) is 5. The topological polar surface area (TPSA) is 61.8 Å². The molecule has 0 saturated carbocycles. The highest BCUT2D eigenvalue weighted by Gasteiger charge is 2.28. The van der Waals surface area contributed by atoms with Crippen LogP contribution in [0.4, 0.5) is 0 Å². The first kappa shape index (κ1) is 17.9. The van der Waals surface area contributed by atoms with Gasteiger partial charge in [-0.25, -0.2) is 4.79 Å². The predicted octanol–water partition coefficient (Wildman–Crippen LogP) is 4.17. The number of esters is 1. The van der Waals surface area contributed by atoms with E-state index < -0.39 is 5.97 Å². The van der Waals surface area contributed by atoms with Crippen molar-refractivity contribution in [3.8, 4) is 11.5 Å². The fraction of sp³-hybridized carbons (Fsp3) is 0.100. The number of Topliss-reactive ketones (excluding diaryl/α,β-unsaturated/α-hetero) is 1. The zero-order valence-electron chi connectivity index (χ0n) is 13.7. The lowest BCUT2D eigenvalue weighted by Gasteiger charge is -2.06. The van der Waals surface area contributed by atoms with Gasteiger partial charge in [0.1, 0.15) is 18.1 Å². The highest BCUT2D eigenvalue weighted by molar-refractivity contribution is 9.10. The number of fused-ring (bicyclic) bond motifs is 1. The molecule has 0 amide bonds. The average Bonchev–Trinajstić information content (AvgIpc) is 2.95. The van der Waals surface area contributed by atoms with Crippen LogP contribution >= 0.6 is 15.9 Å². The van der Waals surface area contributed by atoms with Crippen LogP contribution < -0.4 is 9.47 Å². The van der Waals surface area contributed by atoms with Gasteiger partial charge in [-0.15, -0.1) is 0 Å². The summed E-state index contributed by atoms with van der Waals surface area (Å²) in [6.45, 7) is 3.36. The van der Waals surface area contributed by atoms with Crippen LogP contribution in [-0.4, -0.2) is 25.0 Å². The van der Waals surface area contributed by atoms with Crippen molar-refractivity contribution in [1.82, 2.24) is 0 Å². The minimum atomic E-state index is -0.503. The molecule has 26 heavy (non-hydrogen) atoms. The Morgan fingerprint density at radius 3 is 2.81 bits per heavy atom. The minimum Gasteiger partial charge on any atom is -0.482 e. The molecular weight excluding hydrogens is 400 g/mol. The van der Waals surface area contributed by atoms with Gasteiger partial charge < -0.3 is 14.2 Å². The van der Waals surface area contributed by atoms with Crippen molar-refractivity contribution < 1.29 is 23.8 Å². The number of halogens is 1. The monoisotopic (exact) mass is 414 g/mol. The van der Waals surface area contributed by atoms with Gasteiger partial charge in [0.2, 0.25) is 5.78 Å². The largest absolute Gasteiger partial charge is 0.482 e. The van der Waals surface area contributed by atoms with Gasteiger partial charge in [-0.3, -0.25) is 4.79 Å². The molecule has 0 atom stereocenters. The van der Waals surface area contributed by atoms with Crippen molar-refractivity contribution in [3.63, 3.8) is 0 Å². The van der Waals surface area contributed by atoms with Crippen molar-refractivity contribution >= 4 is 33.8 Å². The van der Waals surface area contributed by atoms with E-state index in [9.17, 15) is 9.59 Å². The normalized spacial score (nSPS) is 13.9. The molecule has 0 bridgehead atoms. The molecule has 5 nitrogen and oxygen atoms in total. The van der Waals surface area contributed by atoms with Crippen molar-refractivity contribution in [1.29, 1.82) is 0 Å². The Morgan fingerprint density at radius 2 is 2.04 bits per heavy atom. The first-order valence-corrected chi connectivity index (χ1v) is 8.60. The molecule has 0 fully saturated rings. The molecule has 132 valence electrons. The number of rotatable bonds is 6. The molecule has 0 unspecified atom stereocenters. The molecule has 1 aliphatic heterocycles. The van der Waals surface area contributed by atoms with Crippen LogP contribution in [0.1, 0.15) is 15.9 Å². The van der Waals surface area contributed by atoms with E-state index in [4.69, 9.17) is 14.2 Å². The summed E-state index contributed by atoms with van der Waals surface area (Å²) in [6, 6.07) is 12.3. The Bertz CT molecular complexity index is 901. The van der Waals surface area contributed by atoms with Crippen LogP contribution in [0.25, 0.3) is 6.08 Å². The predicted molar refractivity (Wildman–Crippen MR) is 100 cm³/mol. The Kier molecular flexibility index (Phi) is 5.53. The van der Waals surface area contributed by atoms with Crippen LogP contribution in [-0.2, 0) is 9.53 Å². The average molecular weight is 415 g/mol. The Morgan fingerprint density at radius 1 is 1.23 bits per heavy atom. The van der Waals surface area contributed by atoms with E-state index in [1.165, 1.54) is 6.08 Å². The Hall–Kier alpha value is -2.86. The van der Waals surface area contributed by atoms with Gasteiger partial charge in [-0.1, -0.05) is 46.8 Å². The van der Waals surface area contributed by atoms with E-state index in [0.717, 1.165) is 10.0 Å². The van der Waals surface area contributed by atoms with Gasteiger partial charge in [0.15, 0.2) is 12.4 Å². The summed E-state index contributed by atoms with van der Waals surface area (Å²) in [5.41, 5.74) is 1.29. The maximum atomic E-state index is 12.5. The van der Waals surface area contributed by atoms with Crippen LogP contribution in [0, 0.1) is 0 Å². The van der Waals surface area contributed by atoms with Gasteiger partial charge in [0, 0.05) is 10.5 Å². The van der Waals surface area contributed by atoms with Crippen LogP contribution in [0.2, 0.25) is 0 Å². The van der Waals surface area contributed by atoms with Crippen LogP contribution in [0.5, 0.6) is 11.5 Å². The van der Waals surface area contributed by atoms with Gasteiger partial charge in [0.25, 0.3) is 0 Å². The SMILES string of the molecule is C=CCOC(=O)COc1ccc2c(c1)O/C(=C\c1ccccc1Br)C2=O. The first-order chi connectivity index (χ1) is 12.6. The molecule has 0 N–H and O–H groups in total. The summed E-state index contributed by atoms with van der Waals surface area (Å²) >= 11 is 3.44. The second-order valence-corrected chi connectivity index (χ2v) is 6.23. The third-order valence-electron chi connectivity index (χ3n) is 3.55. The van der Waals surface area contributed by atoms with Gasteiger partial charge in [0.05, 0.1) is 5.56 Å². The standard InChI is InChI=1S/C20H15BrO5/c1-2-9-24-19(22)12-25-14-7-8-15-17(11-14)26-18(20(15)23)10-13-5-3-4-6-16(13)21/h2-8,10-11H,1,9,12H2/b18-10-. The highest BCUT2D eigenvalue weighted by Crippen LogP contribution is 2.35. The molecule has 1 heterocycles. The van der Waals surface area contributed by atoms with Crippen LogP contribution in [0.3, 0.4) is 0 Å². The lowest BCUT2D eigenvalue weighted by Crippen LogP contribution is -2.14. The quantitative estimate of drug-likeness (QED) is 0.403. The maximum Gasteiger partial charge on any atom is 0.344 e. The van der Waals surface area contributed by atoms with Crippen molar-refractivity contribution in [2.45, 2.75) is 0 Å². The third kappa shape index (κ3) is 4.03. The lowest BCUT2D eigenvalue weighted by molar-refractivity contribution is -0.144. The van der Waals surface area contributed by atoms with E-state index in [-0.39, 0.29) is 24.8 Å². The lowest BCUT2D eigenvalue weighted by atomic mass is 10.1. The molecule has 2 aromatic rings. The summed E-state index contributed by atoms with van der Waals surface area (Å²) in [6.07, 6.45) is 3.16. The summed E-state index contributed by atoms with van der Waals surface area (Å²) < 4.78 is 16.7. The number of carbonyl (C=O) groups is 2. The summed E-state index contributed by atoms with van der Waals surface area (Å²) in [5, 5.41) is 0. The van der Waals surface area contributed by atoms with Gasteiger partial charge in [-0.2, -0.15) is 0 Å². The first-order valence-electron chi connectivity index (χ1n) is 7.80. The molecule has 0 radical (unpaired) electrons. The molecule has 3 rings (SSSR count). The minimum absolute atomic E-state index is 0.132. The number of ether oxygens (including phenoxy) is 3. The fourth-order valence-electron chi connectivity index (χ4n) is 2.33. The van der Waals surface area contributed by atoms with Crippen molar-refractivity contribution in [2.24, 2.45) is 0 Å². The third-order valence-corrected chi connectivity index (χ3v) is 4.27.